The number of nitrogens with zero attached hydrogens (tertiary/aromatic N) is 2. The van der Waals surface area contributed by atoms with Crippen molar-refractivity contribution in [3.8, 4) is 6.07 Å². The maximum atomic E-state index is 12.4. The normalized spacial score (nSPS) is 18.0. The summed E-state index contributed by atoms with van der Waals surface area (Å²) < 4.78 is 32.8. The van der Waals surface area contributed by atoms with E-state index in [4.69, 9.17) is 10.00 Å². The molecule has 1 N–H and O–H groups in total. The van der Waals surface area contributed by atoms with Crippen molar-refractivity contribution in [1.82, 2.24) is 9.62 Å². The van der Waals surface area contributed by atoms with Crippen LogP contribution >= 0.6 is 0 Å². The second kappa shape index (κ2) is 8.72. The van der Waals surface area contributed by atoms with E-state index in [-0.39, 0.29) is 24.3 Å². The number of hydrogen-bond donors (Lipinski definition) is 1. The van der Waals surface area contributed by atoms with Gasteiger partial charge in [0.25, 0.3) is 0 Å². The van der Waals surface area contributed by atoms with Crippen molar-refractivity contribution < 1.29 is 17.9 Å². The number of rotatable bonds is 5. The van der Waals surface area contributed by atoms with Gasteiger partial charge in [0, 0.05) is 19.6 Å². The monoisotopic (exact) mass is 393 g/mol. The molecule has 0 saturated carbocycles. The summed E-state index contributed by atoms with van der Waals surface area (Å²) in [6.45, 7) is 6.80. The lowest BCUT2D eigenvalue weighted by atomic mass is 9.99. The Labute approximate surface area is 161 Å². The van der Waals surface area contributed by atoms with Gasteiger partial charge in [-0.2, -0.15) is 5.26 Å². The molecule has 8 heteroatoms. The number of hydrogen-bond acceptors (Lipinski definition) is 5. The van der Waals surface area contributed by atoms with E-state index in [9.17, 15) is 13.2 Å². The number of sulfonamides is 1. The second-order valence-corrected chi connectivity index (χ2v) is 9.62. The molecule has 1 aromatic carbocycles. The van der Waals surface area contributed by atoms with E-state index in [1.807, 2.05) is 26.8 Å². The van der Waals surface area contributed by atoms with Crippen molar-refractivity contribution in [3.05, 3.63) is 35.4 Å². The van der Waals surface area contributed by atoms with E-state index >= 15 is 0 Å². The fraction of sp³-hybridized carbons (Fsp3) is 0.579. The molecule has 1 atom stereocenters. The Hall–Kier alpha value is -2.11. The first-order valence-corrected chi connectivity index (χ1v) is 10.7. The topological polar surface area (TPSA) is 99.5 Å². The molecule has 0 bridgehead atoms. The van der Waals surface area contributed by atoms with E-state index < -0.39 is 15.6 Å². The van der Waals surface area contributed by atoms with Gasteiger partial charge in [-0.3, -0.25) is 0 Å². The molecule has 1 aliphatic rings. The molecule has 0 spiro atoms. The third-order valence-corrected chi connectivity index (χ3v) is 5.54. The Bertz CT molecular complexity index is 809. The number of nitrogens with one attached hydrogen (secondary N) is 1. The number of benzene rings is 1. The van der Waals surface area contributed by atoms with Crippen molar-refractivity contribution in [2.45, 2.75) is 45.0 Å². The number of carbonyl (C=O) groups excluding carboxylic acids is 1. The maximum Gasteiger partial charge on any atom is 0.410 e. The summed E-state index contributed by atoms with van der Waals surface area (Å²) in [5.41, 5.74) is 0.280. The molecular weight excluding hydrogens is 366 g/mol. The lowest BCUT2D eigenvalue weighted by molar-refractivity contribution is 0.0169. The summed E-state index contributed by atoms with van der Waals surface area (Å²) in [4.78, 5) is 13.8. The first kappa shape index (κ1) is 21.2. The minimum absolute atomic E-state index is 0.0345. The molecule has 148 valence electrons. The van der Waals surface area contributed by atoms with Gasteiger partial charge in [0.1, 0.15) is 5.60 Å². The predicted octanol–water partition coefficient (Wildman–Crippen LogP) is 2.62. The quantitative estimate of drug-likeness (QED) is 0.829. The van der Waals surface area contributed by atoms with Gasteiger partial charge in [0.05, 0.1) is 17.4 Å². The van der Waals surface area contributed by atoms with Crippen molar-refractivity contribution in [2.75, 3.05) is 19.6 Å². The van der Waals surface area contributed by atoms with E-state index in [0.29, 0.717) is 24.2 Å². The molecule has 0 aliphatic carbocycles. The van der Waals surface area contributed by atoms with Gasteiger partial charge in [-0.1, -0.05) is 18.2 Å². The highest BCUT2D eigenvalue weighted by molar-refractivity contribution is 7.88. The van der Waals surface area contributed by atoms with E-state index in [1.165, 1.54) is 0 Å². The summed E-state index contributed by atoms with van der Waals surface area (Å²) >= 11 is 0. The van der Waals surface area contributed by atoms with Crippen LogP contribution < -0.4 is 4.72 Å². The highest BCUT2D eigenvalue weighted by Gasteiger charge is 2.28. The number of piperidine rings is 1. The Morgan fingerprint density at radius 3 is 2.74 bits per heavy atom. The van der Waals surface area contributed by atoms with Crippen molar-refractivity contribution in [1.29, 1.82) is 5.26 Å². The highest BCUT2D eigenvalue weighted by Crippen LogP contribution is 2.19. The van der Waals surface area contributed by atoms with E-state index in [0.717, 1.165) is 12.8 Å². The van der Waals surface area contributed by atoms with Crippen LogP contribution in [0.3, 0.4) is 0 Å². The van der Waals surface area contributed by atoms with E-state index in [1.54, 1.807) is 29.2 Å². The molecule has 1 saturated heterocycles. The molecule has 1 unspecified atom stereocenters. The van der Waals surface area contributed by atoms with Crippen LogP contribution in [-0.4, -0.2) is 44.6 Å². The van der Waals surface area contributed by atoms with Crippen molar-refractivity contribution in [3.63, 3.8) is 0 Å². The Morgan fingerprint density at radius 1 is 1.37 bits per heavy atom. The lowest BCUT2D eigenvalue weighted by Gasteiger charge is -2.34. The highest BCUT2D eigenvalue weighted by atomic mass is 32.2. The van der Waals surface area contributed by atoms with Crippen LogP contribution in [0.5, 0.6) is 0 Å². The van der Waals surface area contributed by atoms with Gasteiger partial charge in [0.15, 0.2) is 0 Å². The first-order chi connectivity index (χ1) is 12.6. The molecule has 1 aromatic rings. The average Bonchev–Trinajstić information content (AvgIpc) is 2.59. The molecule has 0 aromatic heterocycles. The molecule has 0 radical (unpaired) electrons. The van der Waals surface area contributed by atoms with Crippen LogP contribution in [0.15, 0.2) is 24.3 Å². The summed E-state index contributed by atoms with van der Waals surface area (Å²) in [5, 5.41) is 9.10. The Balaban J connectivity index is 1.91. The summed E-state index contributed by atoms with van der Waals surface area (Å²) in [6.07, 6.45) is 1.29. The zero-order valence-corrected chi connectivity index (χ0v) is 16.9. The Kier molecular flexibility index (Phi) is 6.84. The summed E-state index contributed by atoms with van der Waals surface area (Å²) in [5.74, 6) is -0.202. The van der Waals surface area contributed by atoms with Crippen LogP contribution in [0.1, 0.15) is 44.7 Å². The van der Waals surface area contributed by atoms with Gasteiger partial charge < -0.3 is 9.64 Å². The van der Waals surface area contributed by atoms with Crippen LogP contribution in [0.2, 0.25) is 0 Å². The fourth-order valence-electron chi connectivity index (χ4n) is 2.98. The average molecular weight is 394 g/mol. The fourth-order valence-corrected chi connectivity index (χ4v) is 4.23. The molecule has 1 heterocycles. The predicted molar refractivity (Wildman–Crippen MR) is 102 cm³/mol. The van der Waals surface area contributed by atoms with Gasteiger partial charge in [0.2, 0.25) is 10.0 Å². The number of likely N-dealkylation sites (tertiary alicyclic amines) is 1. The van der Waals surface area contributed by atoms with Crippen LogP contribution in [0.25, 0.3) is 0 Å². The van der Waals surface area contributed by atoms with Crippen LogP contribution in [0.4, 0.5) is 4.79 Å². The molecule has 1 fully saturated rings. The maximum absolute atomic E-state index is 12.4. The summed E-state index contributed by atoms with van der Waals surface area (Å²) in [6, 6.07) is 8.67. The minimum atomic E-state index is -3.57. The van der Waals surface area contributed by atoms with Crippen molar-refractivity contribution in [2.24, 2.45) is 5.92 Å². The third kappa shape index (κ3) is 6.85. The Morgan fingerprint density at radius 2 is 2.07 bits per heavy atom. The lowest BCUT2D eigenvalue weighted by Crippen LogP contribution is -2.45. The minimum Gasteiger partial charge on any atom is -0.444 e. The van der Waals surface area contributed by atoms with Gasteiger partial charge in [-0.05, 0) is 51.2 Å². The summed E-state index contributed by atoms with van der Waals surface area (Å²) in [7, 11) is -3.57. The first-order valence-electron chi connectivity index (χ1n) is 9.03. The molecule has 27 heavy (non-hydrogen) atoms. The molecule has 1 amide bonds. The van der Waals surface area contributed by atoms with Crippen LogP contribution in [0, 0.1) is 17.2 Å². The molecule has 2 rings (SSSR count). The van der Waals surface area contributed by atoms with E-state index in [2.05, 4.69) is 4.72 Å². The largest absolute Gasteiger partial charge is 0.444 e. The van der Waals surface area contributed by atoms with Gasteiger partial charge in [-0.25, -0.2) is 17.9 Å². The second-order valence-electron chi connectivity index (χ2n) is 7.81. The smallest absolute Gasteiger partial charge is 0.410 e. The van der Waals surface area contributed by atoms with Gasteiger partial charge in [-0.15, -0.1) is 0 Å². The van der Waals surface area contributed by atoms with Gasteiger partial charge >= 0.3 is 6.09 Å². The van der Waals surface area contributed by atoms with Crippen LogP contribution in [-0.2, 0) is 20.5 Å². The molecular formula is C19H27N3O4S. The number of nitriles is 1. The number of carbonyl (C=O) groups is 1. The number of ether oxygens (including phenoxy) is 1. The standard InChI is InChI=1S/C19H27N3O4S/c1-19(2,3)26-18(23)22-10-6-7-15(13-22)12-21-27(24,25)14-17-9-5-4-8-16(17)11-20/h4-5,8-9,15,21H,6-7,10,12-14H2,1-3H3. The zero-order chi connectivity index (χ0) is 20.1. The molecule has 1 aliphatic heterocycles. The SMILES string of the molecule is CC(C)(C)OC(=O)N1CCCC(CNS(=O)(=O)Cc2ccccc2C#N)C1. The number of amides is 1. The third-order valence-electron chi connectivity index (χ3n) is 4.25. The zero-order valence-electron chi connectivity index (χ0n) is 16.1. The molecule has 7 nitrogen and oxygen atoms in total. The van der Waals surface area contributed by atoms with Crippen molar-refractivity contribution >= 4 is 16.1 Å².